The molecule has 0 bridgehead atoms. The Hall–Kier alpha value is -2.38. The van der Waals surface area contributed by atoms with Crippen LogP contribution in [0, 0.1) is 5.82 Å². The van der Waals surface area contributed by atoms with Gasteiger partial charge in [-0.3, -0.25) is 0 Å². The van der Waals surface area contributed by atoms with Crippen molar-refractivity contribution in [3.8, 4) is 0 Å². The smallest absolute Gasteiger partial charge is 0.445 e. The molecule has 176 valence electrons. The molecule has 7 heteroatoms. The van der Waals surface area contributed by atoms with E-state index >= 15 is 0 Å². The van der Waals surface area contributed by atoms with Crippen LogP contribution in [-0.4, -0.2) is 42.4 Å². The third kappa shape index (κ3) is 6.15. The van der Waals surface area contributed by atoms with Crippen LogP contribution in [0.25, 0.3) is 0 Å². The van der Waals surface area contributed by atoms with Gasteiger partial charge in [0.25, 0.3) is 0 Å². The molecule has 1 amide bonds. The molecule has 2 aromatic rings. The van der Waals surface area contributed by atoms with E-state index in [2.05, 4.69) is 20.8 Å². The fourth-order valence-electron chi connectivity index (χ4n) is 5.07. The van der Waals surface area contributed by atoms with Crippen LogP contribution in [0.3, 0.4) is 0 Å². The summed E-state index contributed by atoms with van der Waals surface area (Å²) < 4.78 is 31.8. The molecule has 0 aliphatic carbocycles. The molecule has 0 saturated carbocycles. The fraction of sp³-hybridized carbons (Fsp3) is 0.500. The maximum absolute atomic E-state index is 13.6. The summed E-state index contributed by atoms with van der Waals surface area (Å²) in [5, 5.41) is 0. The number of rotatable bonds is 6. The lowest BCUT2D eigenvalue weighted by Gasteiger charge is -2.41. The molecule has 3 atom stereocenters. The minimum Gasteiger partial charge on any atom is -0.445 e. The zero-order valence-corrected chi connectivity index (χ0v) is 19.7. The molecule has 0 aromatic heterocycles. The molecule has 0 radical (unpaired) electrons. The maximum Gasteiger partial charge on any atom is 0.465 e. The minimum atomic E-state index is -0.461. The number of amides is 1. The molecule has 2 aliphatic heterocycles. The van der Waals surface area contributed by atoms with E-state index in [9.17, 15) is 9.18 Å². The summed E-state index contributed by atoms with van der Waals surface area (Å²) in [6, 6.07) is 16.2. The first-order valence-corrected chi connectivity index (χ1v) is 11.9. The second kappa shape index (κ2) is 10.3. The van der Waals surface area contributed by atoms with Gasteiger partial charge in [0.15, 0.2) is 0 Å². The summed E-state index contributed by atoms with van der Waals surface area (Å²) in [5.41, 5.74) is 1.60. The molecular weight excluding hydrogens is 420 g/mol. The zero-order valence-electron chi connectivity index (χ0n) is 19.7. The molecule has 0 spiro atoms. The molecule has 2 saturated heterocycles. The SMILES string of the molecule is CC1CC(C)(C)OB(C(CC2CCCN2C(=O)OCc2ccccc2)c2ccc(F)cc2)O1. The first-order chi connectivity index (χ1) is 15.8. The van der Waals surface area contributed by atoms with Crippen LogP contribution in [0.15, 0.2) is 54.6 Å². The Balaban J connectivity index is 1.49. The molecule has 2 aliphatic rings. The first-order valence-electron chi connectivity index (χ1n) is 11.9. The maximum atomic E-state index is 13.6. The molecule has 2 aromatic carbocycles. The molecular formula is C26H33BFNO4. The van der Waals surface area contributed by atoms with Crippen molar-refractivity contribution in [3.05, 3.63) is 71.5 Å². The van der Waals surface area contributed by atoms with Gasteiger partial charge in [0.1, 0.15) is 12.4 Å². The molecule has 33 heavy (non-hydrogen) atoms. The number of carbonyl (C=O) groups is 1. The van der Waals surface area contributed by atoms with Crippen LogP contribution >= 0.6 is 0 Å². The Bertz CT molecular complexity index is 924. The summed E-state index contributed by atoms with van der Waals surface area (Å²) in [6.07, 6.45) is 3.05. The Kier molecular flexibility index (Phi) is 7.40. The van der Waals surface area contributed by atoms with Crippen molar-refractivity contribution in [2.24, 2.45) is 0 Å². The Labute approximate surface area is 196 Å². The van der Waals surface area contributed by atoms with Gasteiger partial charge in [0.2, 0.25) is 0 Å². The average Bonchev–Trinajstić information content (AvgIpc) is 3.24. The Morgan fingerprint density at radius 3 is 2.64 bits per heavy atom. The summed E-state index contributed by atoms with van der Waals surface area (Å²) in [5.74, 6) is -0.399. The van der Waals surface area contributed by atoms with E-state index in [0.29, 0.717) is 13.0 Å². The number of hydrogen-bond donors (Lipinski definition) is 0. The number of hydrogen-bond acceptors (Lipinski definition) is 4. The molecule has 2 heterocycles. The van der Waals surface area contributed by atoms with Crippen molar-refractivity contribution < 1.29 is 23.2 Å². The van der Waals surface area contributed by atoms with Crippen LogP contribution in [0.4, 0.5) is 9.18 Å². The third-order valence-corrected chi connectivity index (χ3v) is 6.55. The van der Waals surface area contributed by atoms with Gasteiger partial charge in [-0.15, -0.1) is 0 Å². The normalized spacial score (nSPS) is 23.4. The highest BCUT2D eigenvalue weighted by molar-refractivity contribution is 6.47. The molecule has 3 unspecified atom stereocenters. The topological polar surface area (TPSA) is 48.0 Å². The number of nitrogens with zero attached hydrogens (tertiary/aromatic N) is 1. The van der Waals surface area contributed by atoms with Gasteiger partial charge in [0.05, 0.1) is 5.60 Å². The molecule has 5 nitrogen and oxygen atoms in total. The molecule has 4 rings (SSSR count). The van der Waals surface area contributed by atoms with Gasteiger partial charge < -0.3 is 18.9 Å². The van der Waals surface area contributed by atoms with Crippen molar-refractivity contribution in [2.45, 2.75) is 76.6 Å². The van der Waals surface area contributed by atoms with Crippen LogP contribution in [0.1, 0.15) is 63.4 Å². The highest BCUT2D eigenvalue weighted by atomic mass is 19.1. The predicted octanol–water partition coefficient (Wildman–Crippen LogP) is 5.73. The van der Waals surface area contributed by atoms with E-state index in [4.69, 9.17) is 14.0 Å². The van der Waals surface area contributed by atoms with Crippen molar-refractivity contribution in [2.75, 3.05) is 6.54 Å². The standard InChI is InChI=1S/C26H33BFNO4/c1-19-17-26(2,3)33-27(32-19)24(21-11-13-22(28)14-12-21)16-23-10-7-15-29(23)25(30)31-18-20-8-5-4-6-9-20/h4-6,8-9,11-14,19,23-24H,7,10,15-18H2,1-3H3. The highest BCUT2D eigenvalue weighted by Gasteiger charge is 2.45. The quantitative estimate of drug-likeness (QED) is 0.524. The summed E-state index contributed by atoms with van der Waals surface area (Å²) in [4.78, 5) is 14.7. The zero-order chi connectivity index (χ0) is 23.4. The lowest BCUT2D eigenvalue weighted by atomic mass is 9.63. The largest absolute Gasteiger partial charge is 0.465 e. The van der Waals surface area contributed by atoms with E-state index < -0.39 is 7.12 Å². The van der Waals surface area contributed by atoms with Gasteiger partial charge in [-0.1, -0.05) is 42.5 Å². The summed E-state index contributed by atoms with van der Waals surface area (Å²) in [6.45, 7) is 7.13. The lowest BCUT2D eigenvalue weighted by molar-refractivity contribution is -0.0335. The van der Waals surface area contributed by atoms with Crippen molar-refractivity contribution in [1.29, 1.82) is 0 Å². The second-order valence-corrected chi connectivity index (χ2v) is 9.82. The number of likely N-dealkylation sites (tertiary alicyclic amines) is 1. The fourth-order valence-corrected chi connectivity index (χ4v) is 5.07. The Morgan fingerprint density at radius 1 is 1.21 bits per heavy atom. The van der Waals surface area contributed by atoms with E-state index in [0.717, 1.165) is 30.4 Å². The van der Waals surface area contributed by atoms with Crippen molar-refractivity contribution in [1.82, 2.24) is 4.90 Å². The van der Waals surface area contributed by atoms with Crippen LogP contribution in [-0.2, 0) is 20.7 Å². The summed E-state index contributed by atoms with van der Waals surface area (Å²) >= 11 is 0. The van der Waals surface area contributed by atoms with E-state index in [1.54, 1.807) is 12.1 Å². The van der Waals surface area contributed by atoms with Crippen LogP contribution in [0.5, 0.6) is 0 Å². The van der Waals surface area contributed by atoms with Gasteiger partial charge >= 0.3 is 13.2 Å². The monoisotopic (exact) mass is 453 g/mol. The molecule has 0 N–H and O–H groups in total. The predicted molar refractivity (Wildman–Crippen MR) is 126 cm³/mol. The number of ether oxygens (including phenoxy) is 1. The van der Waals surface area contributed by atoms with E-state index in [1.807, 2.05) is 35.2 Å². The van der Waals surface area contributed by atoms with Crippen LogP contribution in [0.2, 0.25) is 0 Å². The number of benzene rings is 2. The van der Waals surface area contributed by atoms with E-state index in [-0.39, 0.29) is 42.1 Å². The van der Waals surface area contributed by atoms with Crippen molar-refractivity contribution >= 4 is 13.2 Å². The van der Waals surface area contributed by atoms with Gasteiger partial charge in [-0.25, -0.2) is 9.18 Å². The van der Waals surface area contributed by atoms with Gasteiger partial charge in [-0.05, 0) is 69.7 Å². The second-order valence-electron chi connectivity index (χ2n) is 9.82. The van der Waals surface area contributed by atoms with Gasteiger partial charge in [-0.2, -0.15) is 0 Å². The average molecular weight is 453 g/mol. The third-order valence-electron chi connectivity index (χ3n) is 6.55. The minimum absolute atomic E-state index is 0.0101. The molecule has 2 fully saturated rings. The van der Waals surface area contributed by atoms with E-state index in [1.165, 1.54) is 12.1 Å². The lowest BCUT2D eigenvalue weighted by Crippen LogP contribution is -2.50. The number of halogens is 1. The first kappa shape index (κ1) is 23.8. The highest BCUT2D eigenvalue weighted by Crippen LogP contribution is 2.37. The van der Waals surface area contributed by atoms with Crippen molar-refractivity contribution in [3.63, 3.8) is 0 Å². The van der Waals surface area contributed by atoms with Gasteiger partial charge in [0, 0.05) is 24.5 Å². The summed E-state index contributed by atoms with van der Waals surface area (Å²) in [7, 11) is -0.461. The Morgan fingerprint density at radius 2 is 1.94 bits per heavy atom. The van der Waals surface area contributed by atoms with Crippen LogP contribution < -0.4 is 0 Å². The number of carbonyl (C=O) groups excluding carboxylic acids is 1.